The summed E-state index contributed by atoms with van der Waals surface area (Å²) in [6.07, 6.45) is 0. The van der Waals surface area contributed by atoms with Crippen molar-refractivity contribution < 1.29 is 14.6 Å². The first kappa shape index (κ1) is 19.6. The largest absolute Gasteiger partial charge is 0.457 e. The summed E-state index contributed by atoms with van der Waals surface area (Å²) < 4.78 is 5.36. The number of hydrogen-bond acceptors (Lipinski definition) is 3. The van der Waals surface area contributed by atoms with E-state index in [0.29, 0.717) is 5.57 Å². The molecule has 0 atom stereocenters. The second kappa shape index (κ2) is 8.68. The number of aliphatic hydroxyl groups excluding tert-OH is 1. The minimum absolute atomic E-state index is 0.0470. The second-order valence-electron chi connectivity index (χ2n) is 6.95. The van der Waals surface area contributed by atoms with Gasteiger partial charge in [0.15, 0.2) is 0 Å². The van der Waals surface area contributed by atoms with Crippen LogP contribution < -0.4 is 0 Å². The molecule has 0 fully saturated rings. The molecule has 0 saturated carbocycles. The summed E-state index contributed by atoms with van der Waals surface area (Å²) in [6.45, 7) is 7.55. The van der Waals surface area contributed by atoms with Crippen LogP contribution in [0.4, 0.5) is 0 Å². The molecule has 0 bridgehead atoms. The van der Waals surface area contributed by atoms with Gasteiger partial charge in [-0.3, -0.25) is 0 Å². The van der Waals surface area contributed by atoms with Crippen LogP contribution in [0.5, 0.6) is 0 Å². The van der Waals surface area contributed by atoms with E-state index in [1.165, 1.54) is 0 Å². The zero-order chi connectivity index (χ0) is 20.1. The Kier molecular flexibility index (Phi) is 6.07. The highest BCUT2D eigenvalue weighted by Gasteiger charge is 2.10. The second-order valence-corrected chi connectivity index (χ2v) is 6.95. The standard InChI is InChI=1S/C25H24O3/c1-17(2)25(27)28-16-23-14-18(3)4-13-24(23)22-11-9-21(10-12-22)20-7-5-19(15-26)6-8-20/h4-14,26H,1,15-16H2,2-3H3. The van der Waals surface area contributed by atoms with Crippen molar-refractivity contribution in [1.29, 1.82) is 0 Å². The quantitative estimate of drug-likeness (QED) is 0.463. The molecule has 0 amide bonds. The molecule has 3 rings (SSSR count). The van der Waals surface area contributed by atoms with E-state index in [9.17, 15) is 9.90 Å². The number of ether oxygens (including phenoxy) is 1. The maximum absolute atomic E-state index is 11.8. The van der Waals surface area contributed by atoms with Gasteiger partial charge in [-0.15, -0.1) is 0 Å². The zero-order valence-corrected chi connectivity index (χ0v) is 16.2. The Morgan fingerprint density at radius 2 is 1.50 bits per heavy atom. The van der Waals surface area contributed by atoms with Crippen LogP contribution in [0, 0.1) is 6.92 Å². The van der Waals surface area contributed by atoms with Crippen LogP contribution in [-0.4, -0.2) is 11.1 Å². The predicted molar refractivity (Wildman–Crippen MR) is 113 cm³/mol. The molecule has 0 radical (unpaired) electrons. The number of aliphatic hydroxyl groups is 1. The number of carbonyl (C=O) groups excluding carboxylic acids is 1. The SMILES string of the molecule is C=C(C)C(=O)OCc1cc(C)ccc1-c1ccc(-c2ccc(CO)cc2)cc1. The fourth-order valence-corrected chi connectivity index (χ4v) is 3.03. The van der Waals surface area contributed by atoms with Crippen LogP contribution in [0.15, 0.2) is 78.9 Å². The van der Waals surface area contributed by atoms with Crippen LogP contribution in [0.25, 0.3) is 22.3 Å². The zero-order valence-electron chi connectivity index (χ0n) is 16.2. The monoisotopic (exact) mass is 372 g/mol. The van der Waals surface area contributed by atoms with E-state index in [4.69, 9.17) is 4.74 Å². The molecule has 0 heterocycles. The van der Waals surface area contributed by atoms with Crippen LogP contribution in [0.1, 0.15) is 23.6 Å². The van der Waals surface area contributed by atoms with Gasteiger partial charge in [0.05, 0.1) is 6.61 Å². The molecule has 0 aliphatic carbocycles. The van der Waals surface area contributed by atoms with Gasteiger partial charge in [0, 0.05) is 5.57 Å². The van der Waals surface area contributed by atoms with Gasteiger partial charge >= 0.3 is 5.97 Å². The van der Waals surface area contributed by atoms with E-state index >= 15 is 0 Å². The molecule has 3 heteroatoms. The molecular weight excluding hydrogens is 348 g/mol. The lowest BCUT2D eigenvalue weighted by Gasteiger charge is -2.13. The summed E-state index contributed by atoms with van der Waals surface area (Å²) >= 11 is 0. The van der Waals surface area contributed by atoms with Crippen molar-refractivity contribution in [3.63, 3.8) is 0 Å². The summed E-state index contributed by atoms with van der Waals surface area (Å²) in [5.74, 6) is -0.380. The van der Waals surface area contributed by atoms with Crippen molar-refractivity contribution in [2.45, 2.75) is 27.1 Å². The van der Waals surface area contributed by atoms with Gasteiger partial charge in [0.25, 0.3) is 0 Å². The minimum Gasteiger partial charge on any atom is -0.457 e. The maximum Gasteiger partial charge on any atom is 0.333 e. The smallest absolute Gasteiger partial charge is 0.333 e. The minimum atomic E-state index is -0.380. The third-order valence-electron chi connectivity index (χ3n) is 4.63. The van der Waals surface area contributed by atoms with Crippen molar-refractivity contribution >= 4 is 5.97 Å². The molecule has 3 aromatic rings. The van der Waals surface area contributed by atoms with E-state index in [1.807, 2.05) is 37.3 Å². The molecule has 0 aromatic heterocycles. The van der Waals surface area contributed by atoms with Crippen molar-refractivity contribution in [3.05, 3.63) is 95.6 Å². The lowest BCUT2D eigenvalue weighted by Crippen LogP contribution is -2.05. The normalized spacial score (nSPS) is 10.5. The van der Waals surface area contributed by atoms with Crippen molar-refractivity contribution in [2.75, 3.05) is 0 Å². The van der Waals surface area contributed by atoms with E-state index in [1.54, 1.807) is 6.92 Å². The van der Waals surface area contributed by atoms with Gasteiger partial charge in [0.1, 0.15) is 6.61 Å². The molecular formula is C25H24O3. The Labute approximate surface area is 165 Å². The van der Waals surface area contributed by atoms with Gasteiger partial charge < -0.3 is 9.84 Å². The fraction of sp³-hybridized carbons (Fsp3) is 0.160. The number of aryl methyl sites for hydroxylation is 1. The van der Waals surface area contributed by atoms with Gasteiger partial charge in [0.2, 0.25) is 0 Å². The third kappa shape index (κ3) is 4.56. The van der Waals surface area contributed by atoms with E-state index in [0.717, 1.165) is 38.9 Å². The number of hydrogen-bond donors (Lipinski definition) is 1. The summed E-state index contributed by atoms with van der Waals surface area (Å²) in [4.78, 5) is 11.8. The average molecular weight is 372 g/mol. The Bertz CT molecular complexity index is 983. The first-order chi connectivity index (χ1) is 13.5. The Balaban J connectivity index is 1.86. The predicted octanol–water partition coefficient (Wildman–Crippen LogP) is 5.44. The number of benzene rings is 3. The Morgan fingerprint density at radius 3 is 2.07 bits per heavy atom. The highest BCUT2D eigenvalue weighted by molar-refractivity contribution is 5.87. The molecule has 0 spiro atoms. The molecule has 1 N–H and O–H groups in total. The molecule has 142 valence electrons. The Morgan fingerprint density at radius 1 is 0.929 bits per heavy atom. The number of rotatable bonds is 6. The highest BCUT2D eigenvalue weighted by Crippen LogP contribution is 2.29. The first-order valence-corrected chi connectivity index (χ1v) is 9.20. The highest BCUT2D eigenvalue weighted by atomic mass is 16.5. The van der Waals surface area contributed by atoms with E-state index in [2.05, 4.69) is 43.0 Å². The summed E-state index contributed by atoms with van der Waals surface area (Å²) in [7, 11) is 0. The lowest BCUT2D eigenvalue weighted by molar-refractivity contribution is -0.140. The molecule has 3 aromatic carbocycles. The van der Waals surface area contributed by atoms with Crippen molar-refractivity contribution in [1.82, 2.24) is 0 Å². The van der Waals surface area contributed by atoms with Gasteiger partial charge in [-0.2, -0.15) is 0 Å². The van der Waals surface area contributed by atoms with Gasteiger partial charge in [-0.1, -0.05) is 78.9 Å². The Hall–Kier alpha value is -3.17. The number of esters is 1. The fourth-order valence-electron chi connectivity index (χ4n) is 3.03. The van der Waals surface area contributed by atoms with Crippen LogP contribution in [0.3, 0.4) is 0 Å². The molecule has 0 aliphatic heterocycles. The van der Waals surface area contributed by atoms with Crippen molar-refractivity contribution in [3.8, 4) is 22.3 Å². The van der Waals surface area contributed by atoms with Crippen LogP contribution >= 0.6 is 0 Å². The van der Waals surface area contributed by atoms with Crippen LogP contribution in [0.2, 0.25) is 0 Å². The van der Waals surface area contributed by atoms with Crippen molar-refractivity contribution in [2.24, 2.45) is 0 Å². The molecule has 0 aliphatic rings. The number of carbonyl (C=O) groups is 1. The summed E-state index contributed by atoms with van der Waals surface area (Å²) in [5, 5.41) is 9.18. The summed E-state index contributed by atoms with van der Waals surface area (Å²) in [5.41, 5.74) is 7.69. The van der Waals surface area contributed by atoms with Gasteiger partial charge in [-0.05, 0) is 47.2 Å². The molecule has 28 heavy (non-hydrogen) atoms. The van der Waals surface area contributed by atoms with E-state index in [-0.39, 0.29) is 19.2 Å². The summed E-state index contributed by atoms with van der Waals surface area (Å²) in [6, 6.07) is 22.3. The third-order valence-corrected chi connectivity index (χ3v) is 4.63. The molecule has 3 nitrogen and oxygen atoms in total. The van der Waals surface area contributed by atoms with Gasteiger partial charge in [-0.25, -0.2) is 4.79 Å². The maximum atomic E-state index is 11.8. The topological polar surface area (TPSA) is 46.5 Å². The average Bonchev–Trinajstić information content (AvgIpc) is 2.72. The molecule has 0 saturated heterocycles. The molecule has 0 unspecified atom stereocenters. The van der Waals surface area contributed by atoms with E-state index < -0.39 is 0 Å². The lowest BCUT2D eigenvalue weighted by atomic mass is 9.96. The van der Waals surface area contributed by atoms with Crippen LogP contribution in [-0.2, 0) is 22.7 Å². The first-order valence-electron chi connectivity index (χ1n) is 9.20.